The topological polar surface area (TPSA) is 28.7 Å². The molecule has 0 aliphatic carbocycles. The fraction of sp³-hybridized carbons (Fsp3) is 0. The van der Waals surface area contributed by atoms with Crippen molar-refractivity contribution in [2.45, 2.75) is 0 Å². The number of nitrogens with zero attached hydrogens (tertiary/aromatic N) is 1. The van der Waals surface area contributed by atoms with Gasteiger partial charge in [0.2, 0.25) is 0 Å². The number of H-pyrrole nitrogens is 1. The maximum atomic E-state index is 5.24. The van der Waals surface area contributed by atoms with Crippen LogP contribution in [0.25, 0.3) is 22.4 Å². The average molecular weight is 264 g/mol. The summed E-state index contributed by atoms with van der Waals surface area (Å²) < 4.78 is 0.662. The molecule has 0 atom stereocenters. The molecule has 1 N–H and O–H groups in total. The van der Waals surface area contributed by atoms with Gasteiger partial charge in [0.05, 0.1) is 0 Å². The summed E-state index contributed by atoms with van der Waals surface area (Å²) in [6, 6.07) is 18.6. The maximum absolute atomic E-state index is 5.24. The Labute approximate surface area is 116 Å². The first-order valence-electron chi connectivity index (χ1n) is 6.04. The molecule has 92 valence electrons. The van der Waals surface area contributed by atoms with Gasteiger partial charge < -0.3 is 4.98 Å². The molecule has 19 heavy (non-hydrogen) atoms. The first-order valence-corrected chi connectivity index (χ1v) is 6.45. The van der Waals surface area contributed by atoms with Crippen LogP contribution in [0, 0.1) is 4.64 Å². The Morgan fingerprint density at radius 3 is 2.11 bits per heavy atom. The van der Waals surface area contributed by atoms with Crippen LogP contribution in [-0.4, -0.2) is 9.97 Å². The van der Waals surface area contributed by atoms with Gasteiger partial charge >= 0.3 is 0 Å². The van der Waals surface area contributed by atoms with Crippen molar-refractivity contribution in [2.24, 2.45) is 0 Å². The summed E-state index contributed by atoms with van der Waals surface area (Å²) in [5.41, 5.74) is 4.24. The summed E-state index contributed by atoms with van der Waals surface area (Å²) in [5, 5.41) is 0. The number of rotatable bonds is 2. The van der Waals surface area contributed by atoms with Crippen LogP contribution in [0.1, 0.15) is 0 Å². The summed E-state index contributed by atoms with van der Waals surface area (Å²) in [5.74, 6) is 0. The highest BCUT2D eigenvalue weighted by Gasteiger charge is 2.02. The largest absolute Gasteiger partial charge is 0.350 e. The zero-order chi connectivity index (χ0) is 13.1. The van der Waals surface area contributed by atoms with E-state index in [1.165, 1.54) is 11.1 Å². The van der Waals surface area contributed by atoms with Crippen LogP contribution in [0.5, 0.6) is 0 Å². The molecule has 2 nitrogen and oxygen atoms in total. The standard InChI is InChI=1S/C16H12N2S/c19-16-15(17-10-11-18-16)14-8-6-13(7-9-14)12-4-2-1-3-5-12/h1-11H,(H,18,19). The Morgan fingerprint density at radius 1 is 0.789 bits per heavy atom. The molecule has 1 aromatic heterocycles. The van der Waals surface area contributed by atoms with Gasteiger partial charge in [-0.1, -0.05) is 66.8 Å². The molecule has 1 heterocycles. The van der Waals surface area contributed by atoms with Crippen molar-refractivity contribution in [1.29, 1.82) is 0 Å². The molecular weight excluding hydrogens is 252 g/mol. The Kier molecular flexibility index (Phi) is 3.21. The zero-order valence-corrected chi connectivity index (χ0v) is 11.0. The second-order valence-electron chi connectivity index (χ2n) is 4.21. The molecule has 0 radical (unpaired) electrons. The minimum absolute atomic E-state index is 0.662. The highest BCUT2D eigenvalue weighted by atomic mass is 32.1. The van der Waals surface area contributed by atoms with E-state index >= 15 is 0 Å². The molecule has 0 amide bonds. The Hall–Kier alpha value is -2.26. The molecule has 0 bridgehead atoms. The van der Waals surface area contributed by atoms with Crippen LogP contribution in [0.15, 0.2) is 67.0 Å². The van der Waals surface area contributed by atoms with Crippen LogP contribution >= 0.6 is 12.2 Å². The van der Waals surface area contributed by atoms with E-state index in [9.17, 15) is 0 Å². The van der Waals surface area contributed by atoms with E-state index in [4.69, 9.17) is 12.2 Å². The molecular formula is C16H12N2S. The minimum Gasteiger partial charge on any atom is -0.350 e. The number of benzene rings is 2. The van der Waals surface area contributed by atoms with Crippen molar-refractivity contribution in [1.82, 2.24) is 9.97 Å². The molecule has 0 unspecified atom stereocenters. The Bertz CT molecular complexity index is 730. The fourth-order valence-corrected chi connectivity index (χ4v) is 2.25. The predicted octanol–water partition coefficient (Wildman–Crippen LogP) is 4.47. The van der Waals surface area contributed by atoms with Gasteiger partial charge in [0.25, 0.3) is 0 Å². The van der Waals surface area contributed by atoms with Gasteiger partial charge in [-0.15, -0.1) is 0 Å². The fourth-order valence-electron chi connectivity index (χ4n) is 2.01. The summed E-state index contributed by atoms with van der Waals surface area (Å²) >= 11 is 5.24. The van der Waals surface area contributed by atoms with Gasteiger partial charge in [0.15, 0.2) is 0 Å². The van der Waals surface area contributed by atoms with Gasteiger partial charge in [0, 0.05) is 18.0 Å². The van der Waals surface area contributed by atoms with Crippen LogP contribution in [0.4, 0.5) is 0 Å². The van der Waals surface area contributed by atoms with Crippen molar-refractivity contribution < 1.29 is 0 Å². The van der Waals surface area contributed by atoms with Gasteiger partial charge in [-0.05, 0) is 11.1 Å². The highest BCUT2D eigenvalue weighted by molar-refractivity contribution is 7.71. The molecule has 3 aromatic rings. The SMILES string of the molecule is S=c1[nH]ccnc1-c1ccc(-c2ccccc2)cc1. The Balaban J connectivity index is 2.01. The zero-order valence-electron chi connectivity index (χ0n) is 10.2. The summed E-state index contributed by atoms with van der Waals surface area (Å²) in [4.78, 5) is 7.31. The van der Waals surface area contributed by atoms with Gasteiger partial charge in [-0.2, -0.15) is 0 Å². The smallest absolute Gasteiger partial charge is 0.129 e. The lowest BCUT2D eigenvalue weighted by molar-refractivity contribution is 1.18. The highest BCUT2D eigenvalue weighted by Crippen LogP contribution is 2.23. The van der Waals surface area contributed by atoms with Crippen LogP contribution in [0.3, 0.4) is 0 Å². The third-order valence-corrected chi connectivity index (χ3v) is 3.28. The van der Waals surface area contributed by atoms with Crippen molar-refractivity contribution in [3.8, 4) is 22.4 Å². The van der Waals surface area contributed by atoms with E-state index in [1.807, 2.05) is 30.3 Å². The summed E-state index contributed by atoms with van der Waals surface area (Å²) in [7, 11) is 0. The third kappa shape index (κ3) is 2.46. The second-order valence-corrected chi connectivity index (χ2v) is 4.62. The summed E-state index contributed by atoms with van der Waals surface area (Å²) in [6.07, 6.45) is 3.46. The predicted molar refractivity (Wildman–Crippen MR) is 80.3 cm³/mol. The average Bonchev–Trinajstić information content (AvgIpc) is 2.49. The lowest BCUT2D eigenvalue weighted by Crippen LogP contribution is -1.87. The van der Waals surface area contributed by atoms with Crippen LogP contribution in [0.2, 0.25) is 0 Å². The van der Waals surface area contributed by atoms with Crippen molar-refractivity contribution in [2.75, 3.05) is 0 Å². The van der Waals surface area contributed by atoms with Crippen molar-refractivity contribution in [3.05, 3.63) is 71.6 Å². The minimum atomic E-state index is 0.662. The molecule has 0 saturated carbocycles. The van der Waals surface area contributed by atoms with Gasteiger partial charge in [-0.25, -0.2) is 0 Å². The van der Waals surface area contributed by atoms with E-state index in [0.29, 0.717) is 4.64 Å². The van der Waals surface area contributed by atoms with Crippen LogP contribution < -0.4 is 0 Å². The normalized spacial score (nSPS) is 10.3. The van der Waals surface area contributed by atoms with E-state index in [0.717, 1.165) is 11.3 Å². The number of aromatic amines is 1. The first kappa shape index (κ1) is 11.8. The number of hydrogen-bond donors (Lipinski definition) is 1. The molecule has 0 aliphatic rings. The van der Waals surface area contributed by atoms with Crippen LogP contribution in [-0.2, 0) is 0 Å². The Morgan fingerprint density at radius 2 is 1.42 bits per heavy atom. The van der Waals surface area contributed by atoms with Crippen molar-refractivity contribution >= 4 is 12.2 Å². The van der Waals surface area contributed by atoms with Gasteiger partial charge in [0.1, 0.15) is 10.3 Å². The third-order valence-electron chi connectivity index (χ3n) is 2.97. The molecule has 0 spiro atoms. The first-order chi connectivity index (χ1) is 9.34. The lowest BCUT2D eigenvalue weighted by atomic mass is 10.0. The molecule has 2 aromatic carbocycles. The number of nitrogens with one attached hydrogen (secondary N) is 1. The van der Waals surface area contributed by atoms with E-state index < -0.39 is 0 Å². The van der Waals surface area contributed by atoms with Crippen molar-refractivity contribution in [3.63, 3.8) is 0 Å². The maximum Gasteiger partial charge on any atom is 0.129 e. The monoisotopic (exact) mass is 264 g/mol. The molecule has 0 saturated heterocycles. The number of hydrogen-bond acceptors (Lipinski definition) is 2. The molecule has 3 rings (SSSR count). The lowest BCUT2D eigenvalue weighted by Gasteiger charge is -2.04. The molecule has 0 aliphatic heterocycles. The van der Waals surface area contributed by atoms with E-state index in [-0.39, 0.29) is 0 Å². The quantitative estimate of drug-likeness (QED) is 0.692. The molecule has 0 fully saturated rings. The van der Waals surface area contributed by atoms with E-state index in [1.54, 1.807) is 12.4 Å². The van der Waals surface area contributed by atoms with E-state index in [2.05, 4.69) is 34.2 Å². The second kappa shape index (κ2) is 5.16. The molecule has 3 heteroatoms. The van der Waals surface area contributed by atoms with Gasteiger partial charge in [-0.3, -0.25) is 4.98 Å². The summed E-state index contributed by atoms with van der Waals surface area (Å²) in [6.45, 7) is 0. The number of aromatic nitrogens is 2.